The molecule has 1 heterocycles. The molecule has 1 aliphatic heterocycles. The summed E-state index contributed by atoms with van der Waals surface area (Å²) in [4.78, 5) is 13.7. The topological polar surface area (TPSA) is 120 Å². The minimum absolute atomic E-state index is 0.0394. The lowest BCUT2D eigenvalue weighted by Gasteiger charge is -2.48. The van der Waals surface area contributed by atoms with E-state index in [0.29, 0.717) is 12.2 Å². The predicted octanol–water partition coefficient (Wildman–Crippen LogP) is 4.31. The molecule has 5 atom stereocenters. The monoisotopic (exact) mass is 583 g/mol. The van der Waals surface area contributed by atoms with E-state index in [4.69, 9.17) is 24.7 Å². The maximum absolute atomic E-state index is 13.7. The van der Waals surface area contributed by atoms with Gasteiger partial charge in [-0.25, -0.2) is 0 Å². The first-order chi connectivity index (χ1) is 20.9. The standard InChI is InChI=1S/C35H37NO7/c36-35(31(38)20-25-16-18-29(37)19-17-25)34(39)33(42-23-28-14-8-3-9-15-28)32(41-22-27-12-6-2-7-13-27)30(43-35)24-40-21-26-10-4-1-5-11-26/h1-19,30,32-34,37,39H,20-24,36H2/t30-,32-,33+,34-,35-/m1/s1. The van der Waals surface area contributed by atoms with Gasteiger partial charge in [0.25, 0.3) is 0 Å². The number of Topliss-reactive ketones (excluding diaryl/α,β-unsaturated/α-hetero) is 1. The molecule has 5 rings (SSSR count). The van der Waals surface area contributed by atoms with E-state index >= 15 is 0 Å². The van der Waals surface area contributed by atoms with Crippen molar-refractivity contribution >= 4 is 5.78 Å². The van der Waals surface area contributed by atoms with Gasteiger partial charge in [-0.05, 0) is 34.4 Å². The Morgan fingerprint density at radius 3 is 1.72 bits per heavy atom. The molecular formula is C35H37NO7. The van der Waals surface area contributed by atoms with Crippen LogP contribution in [0, 0.1) is 0 Å². The van der Waals surface area contributed by atoms with Crippen molar-refractivity contribution < 1.29 is 34.0 Å². The first-order valence-electron chi connectivity index (χ1n) is 14.3. The maximum atomic E-state index is 13.7. The van der Waals surface area contributed by atoms with Gasteiger partial charge in [-0.15, -0.1) is 0 Å². The Morgan fingerprint density at radius 1 is 0.698 bits per heavy atom. The van der Waals surface area contributed by atoms with Crippen molar-refractivity contribution in [3.63, 3.8) is 0 Å². The van der Waals surface area contributed by atoms with Gasteiger partial charge in [-0.2, -0.15) is 0 Å². The average Bonchev–Trinajstić information content (AvgIpc) is 3.04. The molecule has 1 aliphatic rings. The number of benzene rings is 4. The molecule has 0 aliphatic carbocycles. The molecule has 1 fully saturated rings. The molecule has 8 heteroatoms. The second-order valence-electron chi connectivity index (χ2n) is 10.7. The Morgan fingerprint density at radius 2 is 1.19 bits per heavy atom. The van der Waals surface area contributed by atoms with Crippen LogP contribution in [0.15, 0.2) is 115 Å². The van der Waals surface area contributed by atoms with E-state index in [1.54, 1.807) is 12.1 Å². The van der Waals surface area contributed by atoms with Gasteiger partial charge in [-0.3, -0.25) is 10.5 Å². The Hall–Kier alpha value is -3.89. The van der Waals surface area contributed by atoms with Crippen LogP contribution >= 0.6 is 0 Å². The normalized spacial score (nSPS) is 23.6. The Kier molecular flexibility index (Phi) is 10.3. The van der Waals surface area contributed by atoms with Crippen molar-refractivity contribution in [2.24, 2.45) is 5.73 Å². The van der Waals surface area contributed by atoms with Crippen LogP contribution in [0.4, 0.5) is 0 Å². The molecule has 0 radical (unpaired) electrons. The van der Waals surface area contributed by atoms with Crippen molar-refractivity contribution in [1.82, 2.24) is 0 Å². The van der Waals surface area contributed by atoms with E-state index in [1.165, 1.54) is 12.1 Å². The molecule has 4 N–H and O–H groups in total. The molecule has 0 bridgehead atoms. The highest BCUT2D eigenvalue weighted by atomic mass is 16.6. The van der Waals surface area contributed by atoms with Gasteiger partial charge in [0.05, 0.1) is 26.4 Å². The van der Waals surface area contributed by atoms with Gasteiger partial charge < -0.3 is 29.2 Å². The number of aliphatic hydroxyl groups is 1. The van der Waals surface area contributed by atoms with Gasteiger partial charge in [0.1, 0.15) is 30.2 Å². The molecule has 43 heavy (non-hydrogen) atoms. The van der Waals surface area contributed by atoms with Crippen molar-refractivity contribution in [3.05, 3.63) is 138 Å². The number of aliphatic hydroxyl groups excluding tert-OH is 1. The zero-order valence-corrected chi connectivity index (χ0v) is 23.8. The van der Waals surface area contributed by atoms with Crippen molar-refractivity contribution in [3.8, 4) is 5.75 Å². The van der Waals surface area contributed by atoms with Gasteiger partial charge in [-0.1, -0.05) is 103 Å². The summed E-state index contributed by atoms with van der Waals surface area (Å²) in [5.41, 5.74) is 7.96. The molecule has 4 aromatic carbocycles. The van der Waals surface area contributed by atoms with Crippen LogP contribution in [0.2, 0.25) is 0 Å². The quantitative estimate of drug-likeness (QED) is 0.213. The Balaban J connectivity index is 1.42. The van der Waals surface area contributed by atoms with Crippen LogP contribution in [-0.4, -0.2) is 52.7 Å². The lowest BCUT2D eigenvalue weighted by atomic mass is 9.86. The average molecular weight is 584 g/mol. The maximum Gasteiger partial charge on any atom is 0.205 e. The molecule has 8 nitrogen and oxygen atoms in total. The molecule has 0 amide bonds. The van der Waals surface area contributed by atoms with Crippen LogP contribution < -0.4 is 5.73 Å². The highest BCUT2D eigenvalue weighted by molar-refractivity contribution is 5.89. The third kappa shape index (κ3) is 7.94. The fraction of sp³-hybridized carbons (Fsp3) is 0.286. The highest BCUT2D eigenvalue weighted by Crippen LogP contribution is 2.33. The van der Waals surface area contributed by atoms with Gasteiger partial charge in [0.2, 0.25) is 5.72 Å². The molecule has 0 spiro atoms. The zero-order chi connectivity index (χ0) is 30.1. The minimum Gasteiger partial charge on any atom is -0.508 e. The second-order valence-corrected chi connectivity index (χ2v) is 10.7. The summed E-state index contributed by atoms with van der Waals surface area (Å²) >= 11 is 0. The molecule has 224 valence electrons. The summed E-state index contributed by atoms with van der Waals surface area (Å²) in [5.74, 6) is -0.454. The van der Waals surface area contributed by atoms with E-state index in [2.05, 4.69) is 0 Å². The number of ether oxygens (including phenoxy) is 4. The lowest BCUT2D eigenvalue weighted by molar-refractivity contribution is -0.287. The number of aromatic hydroxyl groups is 1. The van der Waals surface area contributed by atoms with E-state index in [1.807, 2.05) is 91.0 Å². The number of ketones is 1. The van der Waals surface area contributed by atoms with Gasteiger partial charge in [0.15, 0.2) is 5.78 Å². The first kappa shape index (κ1) is 30.6. The summed E-state index contributed by atoms with van der Waals surface area (Å²) in [6.07, 6.45) is -4.34. The summed E-state index contributed by atoms with van der Waals surface area (Å²) in [7, 11) is 0. The van der Waals surface area contributed by atoms with Crippen molar-refractivity contribution in [2.75, 3.05) is 6.61 Å². The number of hydrogen-bond donors (Lipinski definition) is 3. The number of hydrogen-bond acceptors (Lipinski definition) is 8. The smallest absolute Gasteiger partial charge is 0.205 e. The third-order valence-corrected chi connectivity index (χ3v) is 7.49. The number of nitrogens with two attached hydrogens (primary N) is 1. The van der Waals surface area contributed by atoms with Gasteiger partial charge >= 0.3 is 0 Å². The third-order valence-electron chi connectivity index (χ3n) is 7.49. The lowest BCUT2D eigenvalue weighted by Crippen LogP contribution is -2.73. The number of carbonyl (C=O) groups excluding carboxylic acids is 1. The van der Waals surface area contributed by atoms with Crippen LogP contribution in [0.1, 0.15) is 22.3 Å². The number of carbonyl (C=O) groups is 1. The fourth-order valence-corrected chi connectivity index (χ4v) is 5.11. The van der Waals surface area contributed by atoms with E-state index in [0.717, 1.165) is 16.7 Å². The molecular weight excluding hydrogens is 546 g/mol. The highest BCUT2D eigenvalue weighted by Gasteiger charge is 2.57. The molecule has 0 aromatic heterocycles. The van der Waals surface area contributed by atoms with Crippen molar-refractivity contribution in [2.45, 2.75) is 56.4 Å². The van der Waals surface area contributed by atoms with Crippen LogP contribution in [0.5, 0.6) is 5.75 Å². The second kappa shape index (κ2) is 14.5. The molecule has 4 aromatic rings. The van der Waals surface area contributed by atoms with Gasteiger partial charge in [0, 0.05) is 6.42 Å². The molecule has 0 unspecified atom stereocenters. The van der Waals surface area contributed by atoms with Crippen LogP contribution in [0.3, 0.4) is 0 Å². The van der Waals surface area contributed by atoms with Crippen molar-refractivity contribution in [1.29, 1.82) is 0 Å². The summed E-state index contributed by atoms with van der Waals surface area (Å²) in [5, 5.41) is 21.4. The van der Waals surface area contributed by atoms with E-state index in [9.17, 15) is 15.0 Å². The number of rotatable bonds is 13. The summed E-state index contributed by atoms with van der Waals surface area (Å²) in [6, 6.07) is 35.1. The number of phenols is 1. The number of phenolic OH excluding ortho intramolecular Hbond substituents is 1. The predicted molar refractivity (Wildman–Crippen MR) is 161 cm³/mol. The van der Waals surface area contributed by atoms with E-state index in [-0.39, 0.29) is 32.0 Å². The fourth-order valence-electron chi connectivity index (χ4n) is 5.11. The van der Waals surface area contributed by atoms with E-state index < -0.39 is 35.9 Å². The Labute approximate surface area is 251 Å². The van der Waals surface area contributed by atoms with Crippen LogP contribution in [-0.2, 0) is 50.0 Å². The first-order valence-corrected chi connectivity index (χ1v) is 14.3. The molecule has 0 saturated carbocycles. The summed E-state index contributed by atoms with van der Waals surface area (Å²) in [6.45, 7) is 0.732. The Bertz CT molecular complexity index is 1420. The zero-order valence-electron chi connectivity index (χ0n) is 23.8. The largest absolute Gasteiger partial charge is 0.508 e. The van der Waals surface area contributed by atoms with Crippen LogP contribution in [0.25, 0.3) is 0 Å². The molecule has 1 saturated heterocycles. The summed E-state index contributed by atoms with van der Waals surface area (Å²) < 4.78 is 25.0. The SMILES string of the molecule is N[C@]1(C(=O)Cc2ccc(O)cc2)O[C@H](COCc2ccccc2)[C@@H](OCc2ccccc2)[C@H](OCc2ccccc2)[C@H]1O. The minimum atomic E-state index is -2.10.